The highest BCUT2D eigenvalue weighted by molar-refractivity contribution is 5.84. The molecule has 0 bridgehead atoms. The molecule has 1 spiro atoms. The molecule has 3 rings (SSSR count). The van der Waals surface area contributed by atoms with Gasteiger partial charge in [-0.2, -0.15) is 0 Å². The van der Waals surface area contributed by atoms with Gasteiger partial charge < -0.3 is 14.8 Å². The lowest BCUT2D eigenvalue weighted by atomic mass is 9.98. The number of rotatable bonds is 2. The predicted octanol–water partition coefficient (Wildman–Crippen LogP) is 2.40. The van der Waals surface area contributed by atoms with Gasteiger partial charge in [-0.05, 0) is 25.7 Å². The Bertz CT molecular complexity index is 314. The fourth-order valence-corrected chi connectivity index (χ4v) is 3.79. The van der Waals surface area contributed by atoms with Crippen molar-refractivity contribution in [2.24, 2.45) is 5.16 Å². The molecular formula is C14H24N2O2. The third kappa shape index (κ3) is 2.54. The van der Waals surface area contributed by atoms with Gasteiger partial charge in [0.2, 0.25) is 0 Å². The molecule has 1 N–H and O–H groups in total. The summed E-state index contributed by atoms with van der Waals surface area (Å²) in [6.07, 6.45) is 10.0. The van der Waals surface area contributed by atoms with Crippen LogP contribution in [0.1, 0.15) is 51.4 Å². The van der Waals surface area contributed by atoms with Crippen LogP contribution in [0.2, 0.25) is 0 Å². The summed E-state index contributed by atoms with van der Waals surface area (Å²) < 4.78 is 6.34. The minimum absolute atomic E-state index is 0.262. The van der Waals surface area contributed by atoms with Gasteiger partial charge in [0.05, 0.1) is 17.4 Å². The summed E-state index contributed by atoms with van der Waals surface area (Å²) in [5, 5.41) is 12.1. The molecule has 0 aromatic carbocycles. The Morgan fingerprint density at radius 3 is 2.61 bits per heavy atom. The van der Waals surface area contributed by atoms with Crippen molar-refractivity contribution in [3.05, 3.63) is 0 Å². The van der Waals surface area contributed by atoms with Crippen molar-refractivity contribution in [1.82, 2.24) is 4.90 Å². The second kappa shape index (κ2) is 5.17. The summed E-state index contributed by atoms with van der Waals surface area (Å²) in [6.45, 7) is 3.11. The fraction of sp³-hybridized carbons (Fsp3) is 0.929. The largest absolute Gasteiger partial charge is 0.411 e. The van der Waals surface area contributed by atoms with Crippen LogP contribution in [0.4, 0.5) is 0 Å². The van der Waals surface area contributed by atoms with Crippen molar-refractivity contribution >= 4 is 5.71 Å². The van der Waals surface area contributed by atoms with Crippen LogP contribution in [0.3, 0.4) is 0 Å². The van der Waals surface area contributed by atoms with E-state index >= 15 is 0 Å². The van der Waals surface area contributed by atoms with Gasteiger partial charge in [-0.1, -0.05) is 18.0 Å². The first-order valence-electron chi connectivity index (χ1n) is 7.40. The lowest BCUT2D eigenvalue weighted by Crippen LogP contribution is -2.39. The molecule has 2 saturated heterocycles. The standard InChI is InChI=1S/C14H24N2O2/c17-15-12-4-9-16(10-5-12)11-13-3-8-14(18-13)6-1-2-7-14/h13,17H,1-11H2. The number of piperidine rings is 1. The minimum atomic E-state index is 0.262. The number of ether oxygens (including phenoxy) is 1. The van der Waals surface area contributed by atoms with E-state index in [4.69, 9.17) is 9.94 Å². The molecule has 1 aliphatic carbocycles. The van der Waals surface area contributed by atoms with Crippen LogP contribution in [0.25, 0.3) is 0 Å². The molecule has 2 aliphatic heterocycles. The summed E-state index contributed by atoms with van der Waals surface area (Å²) in [5.74, 6) is 0. The predicted molar refractivity (Wildman–Crippen MR) is 70.2 cm³/mol. The monoisotopic (exact) mass is 252 g/mol. The second-order valence-electron chi connectivity index (χ2n) is 6.14. The van der Waals surface area contributed by atoms with Gasteiger partial charge in [0.1, 0.15) is 0 Å². The van der Waals surface area contributed by atoms with Gasteiger partial charge in [0.25, 0.3) is 0 Å². The lowest BCUT2D eigenvalue weighted by molar-refractivity contribution is -0.0473. The third-order valence-electron chi connectivity index (χ3n) is 4.89. The highest BCUT2D eigenvalue weighted by Gasteiger charge is 2.42. The number of nitrogens with zero attached hydrogens (tertiary/aromatic N) is 2. The zero-order valence-electron chi connectivity index (χ0n) is 11.1. The molecule has 4 nitrogen and oxygen atoms in total. The summed E-state index contributed by atoms with van der Waals surface area (Å²) in [4.78, 5) is 2.47. The first-order chi connectivity index (χ1) is 8.80. The Hall–Kier alpha value is -0.610. The molecule has 18 heavy (non-hydrogen) atoms. The van der Waals surface area contributed by atoms with Gasteiger partial charge in [-0.15, -0.1) is 0 Å². The van der Waals surface area contributed by atoms with E-state index in [9.17, 15) is 0 Å². The number of oxime groups is 1. The van der Waals surface area contributed by atoms with E-state index in [0.29, 0.717) is 6.10 Å². The van der Waals surface area contributed by atoms with Crippen molar-refractivity contribution in [3.63, 3.8) is 0 Å². The highest BCUT2D eigenvalue weighted by atomic mass is 16.5. The van der Waals surface area contributed by atoms with Crippen LogP contribution in [0.5, 0.6) is 0 Å². The number of likely N-dealkylation sites (tertiary alicyclic amines) is 1. The Labute approximate surface area is 109 Å². The van der Waals surface area contributed by atoms with E-state index in [-0.39, 0.29) is 5.60 Å². The van der Waals surface area contributed by atoms with Gasteiger partial charge >= 0.3 is 0 Å². The average molecular weight is 252 g/mol. The summed E-state index contributed by atoms with van der Waals surface area (Å²) in [6, 6.07) is 0. The summed E-state index contributed by atoms with van der Waals surface area (Å²) in [5.41, 5.74) is 1.21. The lowest BCUT2D eigenvalue weighted by Gasteiger charge is -2.30. The maximum Gasteiger partial charge on any atom is 0.0710 e. The van der Waals surface area contributed by atoms with Gasteiger partial charge in [0, 0.05) is 32.5 Å². The normalized spacial score (nSPS) is 32.2. The van der Waals surface area contributed by atoms with E-state index in [1.165, 1.54) is 38.5 Å². The molecular weight excluding hydrogens is 228 g/mol. The van der Waals surface area contributed by atoms with Crippen molar-refractivity contribution in [2.75, 3.05) is 19.6 Å². The Kier molecular flexibility index (Phi) is 3.57. The molecule has 1 unspecified atom stereocenters. The van der Waals surface area contributed by atoms with E-state index in [2.05, 4.69) is 10.1 Å². The van der Waals surface area contributed by atoms with Crippen molar-refractivity contribution in [2.45, 2.75) is 63.1 Å². The average Bonchev–Trinajstić information content (AvgIpc) is 3.02. The SMILES string of the molecule is ON=C1CCN(CC2CCC3(CCCC3)O2)CC1. The summed E-state index contributed by atoms with van der Waals surface area (Å²) in [7, 11) is 0. The van der Waals surface area contributed by atoms with Crippen LogP contribution in [0.15, 0.2) is 5.16 Å². The molecule has 0 aromatic rings. The number of hydrogen-bond donors (Lipinski definition) is 1. The molecule has 0 amide bonds. The molecule has 0 radical (unpaired) electrons. The van der Waals surface area contributed by atoms with Crippen LogP contribution in [-0.4, -0.2) is 47.2 Å². The first-order valence-corrected chi connectivity index (χ1v) is 7.40. The molecule has 3 aliphatic rings. The van der Waals surface area contributed by atoms with Crippen LogP contribution in [0, 0.1) is 0 Å². The Balaban J connectivity index is 1.47. The fourth-order valence-electron chi connectivity index (χ4n) is 3.79. The van der Waals surface area contributed by atoms with Crippen LogP contribution in [-0.2, 0) is 4.74 Å². The smallest absolute Gasteiger partial charge is 0.0710 e. The molecule has 2 heterocycles. The topological polar surface area (TPSA) is 45.1 Å². The molecule has 102 valence electrons. The highest BCUT2D eigenvalue weighted by Crippen LogP contribution is 2.43. The van der Waals surface area contributed by atoms with Gasteiger partial charge in [-0.25, -0.2) is 0 Å². The Morgan fingerprint density at radius 1 is 1.22 bits per heavy atom. The minimum Gasteiger partial charge on any atom is -0.411 e. The van der Waals surface area contributed by atoms with E-state index in [0.717, 1.165) is 38.2 Å². The third-order valence-corrected chi connectivity index (χ3v) is 4.89. The molecule has 1 saturated carbocycles. The van der Waals surface area contributed by atoms with Crippen molar-refractivity contribution < 1.29 is 9.94 Å². The molecule has 1 atom stereocenters. The van der Waals surface area contributed by atoms with Gasteiger partial charge in [-0.3, -0.25) is 0 Å². The zero-order chi connectivity index (χ0) is 12.4. The zero-order valence-corrected chi connectivity index (χ0v) is 11.1. The maximum absolute atomic E-state index is 8.75. The Morgan fingerprint density at radius 2 is 1.94 bits per heavy atom. The van der Waals surface area contributed by atoms with E-state index < -0.39 is 0 Å². The second-order valence-corrected chi connectivity index (χ2v) is 6.14. The van der Waals surface area contributed by atoms with E-state index in [1.54, 1.807) is 0 Å². The van der Waals surface area contributed by atoms with Crippen molar-refractivity contribution in [1.29, 1.82) is 0 Å². The summed E-state index contributed by atoms with van der Waals surface area (Å²) >= 11 is 0. The van der Waals surface area contributed by atoms with Crippen molar-refractivity contribution in [3.8, 4) is 0 Å². The molecule has 4 heteroatoms. The van der Waals surface area contributed by atoms with Crippen LogP contribution >= 0.6 is 0 Å². The molecule has 3 fully saturated rings. The number of hydrogen-bond acceptors (Lipinski definition) is 4. The molecule has 0 aromatic heterocycles. The quantitative estimate of drug-likeness (QED) is 0.606. The maximum atomic E-state index is 8.75. The van der Waals surface area contributed by atoms with E-state index in [1.807, 2.05) is 0 Å². The first kappa shape index (κ1) is 12.4. The van der Waals surface area contributed by atoms with Gasteiger partial charge in [0.15, 0.2) is 0 Å². The van der Waals surface area contributed by atoms with Crippen LogP contribution < -0.4 is 0 Å².